The Morgan fingerprint density at radius 1 is 1.28 bits per heavy atom. The van der Waals surface area contributed by atoms with Gasteiger partial charge in [0.05, 0.1) is 24.8 Å². The van der Waals surface area contributed by atoms with Crippen LogP contribution in [0.15, 0.2) is 47.7 Å². The molecule has 3 atom stereocenters. The van der Waals surface area contributed by atoms with Gasteiger partial charge >= 0.3 is 0 Å². The molecule has 2 aliphatic heterocycles. The fraction of sp³-hybridized carbons (Fsp3) is 0.474. The maximum absolute atomic E-state index is 5.92. The fourth-order valence-electron chi connectivity index (χ4n) is 3.79. The lowest BCUT2D eigenvalue weighted by atomic mass is 9.96. The largest absolute Gasteiger partial charge is 0.373 e. The quantitative estimate of drug-likeness (QED) is 0.645. The second-order valence-electron chi connectivity index (χ2n) is 6.76. The van der Waals surface area contributed by atoms with Crippen molar-refractivity contribution < 1.29 is 4.74 Å². The third-order valence-electron chi connectivity index (χ3n) is 5.11. The van der Waals surface area contributed by atoms with E-state index < -0.39 is 0 Å². The summed E-state index contributed by atoms with van der Waals surface area (Å²) in [5.74, 6) is 0.843. The van der Waals surface area contributed by atoms with Gasteiger partial charge in [0.2, 0.25) is 0 Å². The van der Waals surface area contributed by atoms with E-state index in [1.165, 1.54) is 17.5 Å². The number of benzene rings is 1. The number of guanidine groups is 1. The lowest BCUT2D eigenvalue weighted by Gasteiger charge is -2.23. The molecule has 3 heterocycles. The SMILES string of the molecule is CN=C(NCc1ccccc1Cn1cccn1)NC1CC2CCC1O2. The van der Waals surface area contributed by atoms with Gasteiger partial charge in [-0.3, -0.25) is 9.67 Å². The minimum atomic E-state index is 0.343. The summed E-state index contributed by atoms with van der Waals surface area (Å²) in [7, 11) is 1.82. The second-order valence-corrected chi connectivity index (χ2v) is 6.76. The molecule has 1 aromatic carbocycles. The number of hydrogen-bond donors (Lipinski definition) is 2. The highest BCUT2D eigenvalue weighted by Crippen LogP contribution is 2.34. The summed E-state index contributed by atoms with van der Waals surface area (Å²) < 4.78 is 7.86. The minimum Gasteiger partial charge on any atom is -0.373 e. The Bertz CT molecular complexity index is 727. The third kappa shape index (κ3) is 3.69. The molecule has 6 nitrogen and oxygen atoms in total. The molecule has 2 fully saturated rings. The highest BCUT2D eigenvalue weighted by molar-refractivity contribution is 5.80. The molecular weight excluding hydrogens is 314 g/mol. The van der Waals surface area contributed by atoms with Crippen molar-refractivity contribution >= 4 is 5.96 Å². The Morgan fingerprint density at radius 2 is 2.16 bits per heavy atom. The zero-order chi connectivity index (χ0) is 17.1. The minimum absolute atomic E-state index is 0.343. The molecule has 25 heavy (non-hydrogen) atoms. The number of ether oxygens (including phenoxy) is 1. The van der Waals surface area contributed by atoms with Crippen LogP contribution in [0, 0.1) is 0 Å². The van der Waals surface area contributed by atoms with Gasteiger partial charge in [0.1, 0.15) is 0 Å². The zero-order valence-corrected chi connectivity index (χ0v) is 14.6. The highest BCUT2D eigenvalue weighted by atomic mass is 16.5. The van der Waals surface area contributed by atoms with Crippen molar-refractivity contribution in [1.29, 1.82) is 0 Å². The molecule has 2 N–H and O–H groups in total. The van der Waals surface area contributed by atoms with Crippen LogP contribution in [0.4, 0.5) is 0 Å². The third-order valence-corrected chi connectivity index (χ3v) is 5.11. The number of rotatable bonds is 5. The number of aromatic nitrogens is 2. The van der Waals surface area contributed by atoms with Gasteiger partial charge in [-0.15, -0.1) is 0 Å². The first-order valence-corrected chi connectivity index (χ1v) is 8.98. The molecule has 2 aliphatic rings. The van der Waals surface area contributed by atoms with Gasteiger partial charge < -0.3 is 15.4 Å². The van der Waals surface area contributed by atoms with Crippen molar-refractivity contribution in [3.05, 3.63) is 53.9 Å². The van der Waals surface area contributed by atoms with Crippen LogP contribution >= 0.6 is 0 Å². The van der Waals surface area contributed by atoms with Crippen LogP contribution in [-0.4, -0.2) is 41.0 Å². The van der Waals surface area contributed by atoms with Crippen molar-refractivity contribution in [3.8, 4) is 0 Å². The lowest BCUT2D eigenvalue weighted by Crippen LogP contribution is -2.47. The molecule has 6 heteroatoms. The first kappa shape index (κ1) is 16.1. The normalized spacial score (nSPS) is 25.3. The van der Waals surface area contributed by atoms with Gasteiger partial charge in [-0.25, -0.2) is 0 Å². The van der Waals surface area contributed by atoms with Gasteiger partial charge in [-0.1, -0.05) is 24.3 Å². The highest BCUT2D eigenvalue weighted by Gasteiger charge is 2.41. The van der Waals surface area contributed by atoms with Gasteiger partial charge in [-0.05, 0) is 36.5 Å². The summed E-state index contributed by atoms with van der Waals surface area (Å²) in [5.41, 5.74) is 2.52. The number of fused-ring (bicyclic) bond motifs is 2. The van der Waals surface area contributed by atoms with Crippen LogP contribution in [0.25, 0.3) is 0 Å². The maximum atomic E-state index is 5.92. The first-order valence-electron chi connectivity index (χ1n) is 8.98. The number of aliphatic imine (C=N–C) groups is 1. The Morgan fingerprint density at radius 3 is 2.84 bits per heavy atom. The van der Waals surface area contributed by atoms with Gasteiger partial charge in [0.25, 0.3) is 0 Å². The van der Waals surface area contributed by atoms with Crippen LogP contribution < -0.4 is 10.6 Å². The van der Waals surface area contributed by atoms with Crippen LogP contribution in [0.2, 0.25) is 0 Å². The number of nitrogens with zero attached hydrogens (tertiary/aromatic N) is 3. The van der Waals surface area contributed by atoms with Crippen molar-refractivity contribution in [1.82, 2.24) is 20.4 Å². The molecule has 4 rings (SSSR count). The molecule has 132 valence electrons. The summed E-state index contributed by atoms with van der Waals surface area (Å²) >= 11 is 0. The molecule has 0 aliphatic carbocycles. The topological polar surface area (TPSA) is 63.5 Å². The standard InChI is InChI=1S/C19H25N5O/c1-20-19(23-17-11-16-7-8-18(17)25-16)21-12-14-5-2-3-6-15(14)13-24-10-4-9-22-24/h2-6,9-10,16-18H,7-8,11-13H2,1H3,(H2,20,21,23). The van der Waals surface area contributed by atoms with Crippen molar-refractivity contribution in [2.24, 2.45) is 4.99 Å². The number of nitrogens with one attached hydrogen (secondary N) is 2. The second kappa shape index (κ2) is 7.27. The summed E-state index contributed by atoms with van der Waals surface area (Å²) in [4.78, 5) is 4.38. The molecule has 0 amide bonds. The van der Waals surface area contributed by atoms with Gasteiger partial charge in [0, 0.05) is 26.0 Å². The Hall–Kier alpha value is -2.34. The molecule has 0 spiro atoms. The average Bonchev–Trinajstić information content (AvgIpc) is 3.38. The predicted molar refractivity (Wildman–Crippen MR) is 97.4 cm³/mol. The van der Waals surface area contributed by atoms with E-state index >= 15 is 0 Å². The van der Waals surface area contributed by atoms with E-state index in [4.69, 9.17) is 4.74 Å². The summed E-state index contributed by atoms with van der Waals surface area (Å²) in [5, 5.41) is 11.3. The van der Waals surface area contributed by atoms with E-state index in [1.54, 1.807) is 0 Å². The van der Waals surface area contributed by atoms with E-state index in [9.17, 15) is 0 Å². The summed E-state index contributed by atoms with van der Waals surface area (Å²) in [6.07, 6.45) is 8.03. The van der Waals surface area contributed by atoms with Crippen molar-refractivity contribution in [3.63, 3.8) is 0 Å². The van der Waals surface area contributed by atoms with Crippen molar-refractivity contribution in [2.45, 2.75) is 50.6 Å². The summed E-state index contributed by atoms with van der Waals surface area (Å²) in [6.45, 7) is 1.51. The monoisotopic (exact) mass is 339 g/mol. The van der Waals surface area contributed by atoms with Crippen molar-refractivity contribution in [2.75, 3.05) is 7.05 Å². The van der Waals surface area contributed by atoms with Gasteiger partial charge in [-0.2, -0.15) is 5.10 Å². The molecule has 0 saturated carbocycles. The fourth-order valence-corrected chi connectivity index (χ4v) is 3.79. The predicted octanol–water partition coefficient (Wildman–Crippen LogP) is 1.92. The Kier molecular flexibility index (Phi) is 4.70. The van der Waals surface area contributed by atoms with Gasteiger partial charge in [0.15, 0.2) is 5.96 Å². The van der Waals surface area contributed by atoms with E-state index in [0.717, 1.165) is 31.9 Å². The first-order chi connectivity index (χ1) is 12.3. The van der Waals surface area contributed by atoms with Crippen LogP contribution in [-0.2, 0) is 17.8 Å². The van der Waals surface area contributed by atoms with E-state index in [-0.39, 0.29) is 0 Å². The van der Waals surface area contributed by atoms with Crippen LogP contribution in [0.1, 0.15) is 30.4 Å². The molecule has 2 bridgehead atoms. The Balaban J connectivity index is 1.37. The molecule has 1 aromatic heterocycles. The maximum Gasteiger partial charge on any atom is 0.191 e. The van der Waals surface area contributed by atoms with E-state index in [2.05, 4.69) is 45.0 Å². The molecule has 2 aromatic rings. The van der Waals surface area contributed by atoms with E-state index in [1.807, 2.05) is 30.2 Å². The molecule has 0 radical (unpaired) electrons. The van der Waals surface area contributed by atoms with E-state index in [0.29, 0.717) is 18.2 Å². The molecular formula is C19H25N5O. The Labute approximate surface area is 148 Å². The van der Waals surface area contributed by atoms with Crippen LogP contribution in [0.5, 0.6) is 0 Å². The average molecular weight is 339 g/mol. The van der Waals surface area contributed by atoms with Crippen LogP contribution in [0.3, 0.4) is 0 Å². The zero-order valence-electron chi connectivity index (χ0n) is 14.6. The molecule has 3 unspecified atom stereocenters. The summed E-state index contributed by atoms with van der Waals surface area (Å²) in [6, 6.07) is 10.8. The molecule has 2 saturated heterocycles. The lowest BCUT2D eigenvalue weighted by molar-refractivity contribution is 0.0992. The smallest absolute Gasteiger partial charge is 0.191 e. The number of hydrogen-bond acceptors (Lipinski definition) is 3.